The summed E-state index contributed by atoms with van der Waals surface area (Å²) >= 11 is 6.40. The van der Waals surface area contributed by atoms with Gasteiger partial charge in [0, 0.05) is 29.3 Å². The van der Waals surface area contributed by atoms with Crippen LogP contribution in [0.4, 0.5) is 5.69 Å². The van der Waals surface area contributed by atoms with Crippen LogP contribution in [0.15, 0.2) is 18.2 Å². The molecule has 2 nitrogen and oxygen atoms in total. The zero-order valence-electron chi connectivity index (χ0n) is 13.3. The molecule has 0 aliphatic rings. The second-order valence-corrected chi connectivity index (χ2v) is 6.36. The third kappa shape index (κ3) is 5.34. The van der Waals surface area contributed by atoms with Crippen molar-refractivity contribution in [2.45, 2.75) is 65.5 Å². The lowest BCUT2D eigenvalue weighted by molar-refractivity contribution is 0.626. The average Bonchev–Trinajstić information content (AvgIpc) is 2.36. The Balaban J connectivity index is 2.83. The third-order valence-electron chi connectivity index (χ3n) is 3.54. The van der Waals surface area contributed by atoms with Crippen LogP contribution in [-0.2, 0) is 6.42 Å². The monoisotopic (exact) mass is 296 g/mol. The van der Waals surface area contributed by atoms with Crippen LogP contribution < -0.4 is 10.6 Å². The normalized spacial score (nSPS) is 12.8. The van der Waals surface area contributed by atoms with Crippen LogP contribution in [0.1, 0.15) is 52.5 Å². The molecular weight excluding hydrogens is 268 g/mol. The van der Waals surface area contributed by atoms with E-state index in [-0.39, 0.29) is 6.04 Å². The quantitative estimate of drug-likeness (QED) is 0.708. The minimum atomic E-state index is 0.143. The minimum Gasteiger partial charge on any atom is -0.369 e. The Bertz CT molecular complexity index is 402. The molecule has 0 aliphatic carbocycles. The smallest absolute Gasteiger partial charge is 0.0459 e. The summed E-state index contributed by atoms with van der Waals surface area (Å²) in [6.45, 7) is 9.80. The van der Waals surface area contributed by atoms with Crippen molar-refractivity contribution in [1.82, 2.24) is 0 Å². The predicted octanol–water partition coefficient (Wildman–Crippen LogP) is 4.63. The first kappa shape index (κ1) is 17.3. The van der Waals surface area contributed by atoms with E-state index < -0.39 is 0 Å². The number of anilines is 1. The van der Waals surface area contributed by atoms with Crippen molar-refractivity contribution >= 4 is 17.3 Å². The topological polar surface area (TPSA) is 29.3 Å². The standard InChI is InChI=1S/C17H29ClN2/c1-5-6-7-10-20(13(2)3)16-9-8-15(11-14(4)19)17(18)12-16/h8-9,12-14H,5-7,10-11,19H2,1-4H3. The molecule has 0 fully saturated rings. The first-order valence-electron chi connectivity index (χ1n) is 7.76. The van der Waals surface area contributed by atoms with Crippen LogP contribution in [0.2, 0.25) is 5.02 Å². The van der Waals surface area contributed by atoms with Gasteiger partial charge >= 0.3 is 0 Å². The summed E-state index contributed by atoms with van der Waals surface area (Å²) in [6.07, 6.45) is 4.59. The molecule has 0 aromatic heterocycles. The molecule has 0 radical (unpaired) electrons. The molecule has 0 saturated carbocycles. The Labute approximate surface area is 129 Å². The maximum atomic E-state index is 6.40. The van der Waals surface area contributed by atoms with Gasteiger partial charge in [0.05, 0.1) is 0 Å². The van der Waals surface area contributed by atoms with Gasteiger partial charge in [-0.15, -0.1) is 0 Å². The molecule has 0 heterocycles. The van der Waals surface area contributed by atoms with Crippen molar-refractivity contribution < 1.29 is 0 Å². The number of unbranched alkanes of at least 4 members (excludes halogenated alkanes) is 2. The lowest BCUT2D eigenvalue weighted by Crippen LogP contribution is -2.31. The molecule has 114 valence electrons. The molecule has 0 bridgehead atoms. The van der Waals surface area contributed by atoms with Gasteiger partial charge in [0.1, 0.15) is 0 Å². The van der Waals surface area contributed by atoms with Crippen molar-refractivity contribution in [2.24, 2.45) is 5.73 Å². The number of halogens is 1. The molecule has 1 unspecified atom stereocenters. The van der Waals surface area contributed by atoms with Gasteiger partial charge in [-0.2, -0.15) is 0 Å². The Morgan fingerprint density at radius 2 is 1.90 bits per heavy atom. The summed E-state index contributed by atoms with van der Waals surface area (Å²) in [7, 11) is 0. The number of nitrogens with two attached hydrogens (primary N) is 1. The zero-order valence-corrected chi connectivity index (χ0v) is 14.1. The fraction of sp³-hybridized carbons (Fsp3) is 0.647. The highest BCUT2D eigenvalue weighted by Gasteiger charge is 2.12. The fourth-order valence-electron chi connectivity index (χ4n) is 2.44. The molecule has 0 amide bonds. The Hall–Kier alpha value is -0.730. The summed E-state index contributed by atoms with van der Waals surface area (Å²) < 4.78 is 0. The van der Waals surface area contributed by atoms with Crippen molar-refractivity contribution in [3.63, 3.8) is 0 Å². The Kier molecular flexibility index (Phi) is 7.39. The van der Waals surface area contributed by atoms with E-state index in [9.17, 15) is 0 Å². The second-order valence-electron chi connectivity index (χ2n) is 5.95. The lowest BCUT2D eigenvalue weighted by atomic mass is 10.1. The van der Waals surface area contributed by atoms with Crippen molar-refractivity contribution in [2.75, 3.05) is 11.4 Å². The molecule has 1 aromatic carbocycles. The molecular formula is C17H29ClN2. The second kappa shape index (κ2) is 8.53. The highest BCUT2D eigenvalue weighted by molar-refractivity contribution is 6.31. The van der Waals surface area contributed by atoms with Crippen molar-refractivity contribution in [3.05, 3.63) is 28.8 Å². The van der Waals surface area contributed by atoms with E-state index in [1.54, 1.807) is 0 Å². The number of rotatable bonds is 8. The molecule has 0 spiro atoms. The summed E-state index contributed by atoms with van der Waals surface area (Å²) in [6, 6.07) is 7.02. The SMILES string of the molecule is CCCCCN(c1ccc(CC(C)N)c(Cl)c1)C(C)C. The van der Waals surface area contributed by atoms with Gasteiger partial charge < -0.3 is 10.6 Å². The average molecular weight is 297 g/mol. The molecule has 3 heteroatoms. The number of nitrogens with zero attached hydrogens (tertiary/aromatic N) is 1. The van der Waals surface area contributed by atoms with Crippen LogP contribution in [0.25, 0.3) is 0 Å². The van der Waals surface area contributed by atoms with E-state index in [0.29, 0.717) is 6.04 Å². The number of hydrogen-bond acceptors (Lipinski definition) is 2. The number of hydrogen-bond donors (Lipinski definition) is 1. The summed E-state index contributed by atoms with van der Waals surface area (Å²) in [5.74, 6) is 0. The molecule has 2 N–H and O–H groups in total. The Morgan fingerprint density at radius 3 is 2.40 bits per heavy atom. The molecule has 1 rings (SSSR count). The van der Waals surface area contributed by atoms with Crippen LogP contribution in [0, 0.1) is 0 Å². The minimum absolute atomic E-state index is 0.143. The largest absolute Gasteiger partial charge is 0.369 e. The number of benzene rings is 1. The molecule has 1 atom stereocenters. The van der Waals surface area contributed by atoms with Gasteiger partial charge in [0.2, 0.25) is 0 Å². The van der Waals surface area contributed by atoms with Crippen LogP contribution in [0.3, 0.4) is 0 Å². The van der Waals surface area contributed by atoms with Gasteiger partial charge in [-0.1, -0.05) is 37.4 Å². The first-order valence-corrected chi connectivity index (χ1v) is 8.14. The van der Waals surface area contributed by atoms with E-state index in [4.69, 9.17) is 17.3 Å². The molecule has 20 heavy (non-hydrogen) atoms. The van der Waals surface area contributed by atoms with E-state index >= 15 is 0 Å². The molecule has 0 aliphatic heterocycles. The highest BCUT2D eigenvalue weighted by atomic mass is 35.5. The first-order chi connectivity index (χ1) is 9.45. The maximum Gasteiger partial charge on any atom is 0.0459 e. The van der Waals surface area contributed by atoms with Gasteiger partial charge in [0.25, 0.3) is 0 Å². The van der Waals surface area contributed by atoms with Gasteiger partial charge in [-0.05, 0) is 51.3 Å². The summed E-state index contributed by atoms with van der Waals surface area (Å²) in [5, 5.41) is 0.834. The highest BCUT2D eigenvalue weighted by Crippen LogP contribution is 2.26. The maximum absolute atomic E-state index is 6.40. The van der Waals surface area contributed by atoms with Crippen LogP contribution >= 0.6 is 11.6 Å². The molecule has 1 aromatic rings. The summed E-state index contributed by atoms with van der Waals surface area (Å²) in [5.41, 5.74) is 8.21. The van der Waals surface area contributed by atoms with E-state index in [0.717, 1.165) is 23.6 Å². The van der Waals surface area contributed by atoms with Crippen LogP contribution in [-0.4, -0.2) is 18.6 Å². The zero-order chi connectivity index (χ0) is 15.1. The Morgan fingerprint density at radius 1 is 1.20 bits per heavy atom. The third-order valence-corrected chi connectivity index (χ3v) is 3.89. The van der Waals surface area contributed by atoms with E-state index in [1.165, 1.54) is 24.9 Å². The fourth-order valence-corrected chi connectivity index (χ4v) is 2.70. The van der Waals surface area contributed by atoms with E-state index in [1.807, 2.05) is 6.92 Å². The van der Waals surface area contributed by atoms with Crippen LogP contribution in [0.5, 0.6) is 0 Å². The van der Waals surface area contributed by atoms with Crippen molar-refractivity contribution in [3.8, 4) is 0 Å². The van der Waals surface area contributed by atoms with Gasteiger partial charge in [0.15, 0.2) is 0 Å². The lowest BCUT2D eigenvalue weighted by Gasteiger charge is -2.29. The predicted molar refractivity (Wildman–Crippen MR) is 90.8 cm³/mol. The van der Waals surface area contributed by atoms with Crippen molar-refractivity contribution in [1.29, 1.82) is 0 Å². The van der Waals surface area contributed by atoms with E-state index in [2.05, 4.69) is 43.9 Å². The molecule has 0 saturated heterocycles. The summed E-state index contributed by atoms with van der Waals surface area (Å²) in [4.78, 5) is 2.43. The van der Waals surface area contributed by atoms with Gasteiger partial charge in [-0.3, -0.25) is 0 Å². The van der Waals surface area contributed by atoms with Gasteiger partial charge in [-0.25, -0.2) is 0 Å².